The highest BCUT2D eigenvalue weighted by Gasteiger charge is 2.12. The Bertz CT molecular complexity index is 867. The van der Waals surface area contributed by atoms with Crippen LogP contribution in [0.3, 0.4) is 0 Å². The molecule has 0 aliphatic rings. The fourth-order valence-corrected chi connectivity index (χ4v) is 2.56. The van der Waals surface area contributed by atoms with Crippen LogP contribution in [-0.2, 0) is 0 Å². The van der Waals surface area contributed by atoms with Gasteiger partial charge in [-0.3, -0.25) is 0 Å². The first-order chi connectivity index (χ1) is 11.7. The van der Waals surface area contributed by atoms with Gasteiger partial charge in [0.05, 0.1) is 33.0 Å². The Kier molecular flexibility index (Phi) is 4.33. The van der Waals surface area contributed by atoms with Crippen molar-refractivity contribution in [3.8, 4) is 23.0 Å². The van der Waals surface area contributed by atoms with Crippen molar-refractivity contribution >= 4 is 23.1 Å². The Hall–Kier alpha value is -3.08. The largest absolute Gasteiger partial charge is 0.507 e. The second kappa shape index (κ2) is 6.58. The van der Waals surface area contributed by atoms with Gasteiger partial charge >= 0.3 is 0 Å². The molecule has 24 heavy (non-hydrogen) atoms. The van der Waals surface area contributed by atoms with Gasteiger partial charge in [-0.2, -0.15) is 0 Å². The maximum absolute atomic E-state index is 10.0. The zero-order valence-electron chi connectivity index (χ0n) is 13.7. The van der Waals surface area contributed by atoms with Gasteiger partial charge in [0.2, 0.25) is 5.75 Å². The first-order valence-corrected chi connectivity index (χ1v) is 7.34. The minimum absolute atomic E-state index is 0.186. The summed E-state index contributed by atoms with van der Waals surface area (Å²) >= 11 is 0. The summed E-state index contributed by atoms with van der Waals surface area (Å²) < 4.78 is 21.3. The molecule has 0 unspecified atom stereocenters. The zero-order valence-corrected chi connectivity index (χ0v) is 13.7. The summed E-state index contributed by atoms with van der Waals surface area (Å²) in [5, 5.41) is 10.7. The van der Waals surface area contributed by atoms with Crippen LogP contribution in [-0.4, -0.2) is 26.4 Å². The number of benzene rings is 2. The molecule has 1 aromatic heterocycles. The lowest BCUT2D eigenvalue weighted by Gasteiger charge is -2.12. The number of phenolic OH excluding ortho intramolecular Hbond substituents is 1. The van der Waals surface area contributed by atoms with Gasteiger partial charge in [-0.05, 0) is 41.5 Å². The normalized spacial score (nSPS) is 11.1. The second-order valence-corrected chi connectivity index (χ2v) is 5.16. The van der Waals surface area contributed by atoms with E-state index in [4.69, 9.17) is 18.6 Å². The van der Waals surface area contributed by atoms with Crippen molar-refractivity contribution in [1.29, 1.82) is 0 Å². The topological polar surface area (TPSA) is 61.1 Å². The van der Waals surface area contributed by atoms with Crippen LogP contribution >= 0.6 is 0 Å². The number of phenols is 1. The van der Waals surface area contributed by atoms with Gasteiger partial charge in [-0.1, -0.05) is 12.2 Å². The van der Waals surface area contributed by atoms with E-state index in [0.717, 1.165) is 11.1 Å². The molecule has 1 N–H and O–H groups in total. The third-order valence-corrected chi connectivity index (χ3v) is 3.73. The van der Waals surface area contributed by atoms with Crippen LogP contribution < -0.4 is 14.2 Å². The molecule has 0 fully saturated rings. The van der Waals surface area contributed by atoms with Crippen LogP contribution in [0.1, 0.15) is 11.1 Å². The van der Waals surface area contributed by atoms with E-state index in [1.807, 2.05) is 30.4 Å². The quantitative estimate of drug-likeness (QED) is 0.707. The molecule has 0 aliphatic carbocycles. The van der Waals surface area contributed by atoms with Crippen LogP contribution in [0.15, 0.2) is 41.0 Å². The van der Waals surface area contributed by atoms with Gasteiger partial charge in [-0.15, -0.1) is 0 Å². The lowest BCUT2D eigenvalue weighted by atomic mass is 10.1. The number of hydrogen-bond donors (Lipinski definition) is 1. The van der Waals surface area contributed by atoms with Crippen molar-refractivity contribution in [2.45, 2.75) is 0 Å². The maximum Gasteiger partial charge on any atom is 0.203 e. The summed E-state index contributed by atoms with van der Waals surface area (Å²) in [7, 11) is 4.72. The summed E-state index contributed by atoms with van der Waals surface area (Å²) in [6.45, 7) is 0. The summed E-state index contributed by atoms with van der Waals surface area (Å²) in [6.07, 6.45) is 5.33. The van der Waals surface area contributed by atoms with Gasteiger partial charge in [0, 0.05) is 0 Å². The molecule has 5 heteroatoms. The third-order valence-electron chi connectivity index (χ3n) is 3.73. The molecule has 0 aliphatic heterocycles. The van der Waals surface area contributed by atoms with E-state index < -0.39 is 0 Å². The van der Waals surface area contributed by atoms with E-state index in [-0.39, 0.29) is 5.75 Å². The van der Waals surface area contributed by atoms with E-state index in [0.29, 0.717) is 28.2 Å². The van der Waals surface area contributed by atoms with Gasteiger partial charge in [-0.25, -0.2) is 0 Å². The van der Waals surface area contributed by atoms with Gasteiger partial charge in [0.25, 0.3) is 0 Å². The number of methoxy groups -OCH3 is 3. The Morgan fingerprint density at radius 2 is 1.50 bits per heavy atom. The highest BCUT2D eigenvalue weighted by Crippen LogP contribution is 2.38. The number of furan rings is 1. The number of aromatic hydroxyl groups is 1. The summed E-state index contributed by atoms with van der Waals surface area (Å²) in [5.41, 5.74) is 2.34. The number of rotatable bonds is 5. The van der Waals surface area contributed by atoms with E-state index >= 15 is 0 Å². The molecule has 3 aromatic rings. The predicted molar refractivity (Wildman–Crippen MR) is 92.9 cm³/mol. The van der Waals surface area contributed by atoms with Gasteiger partial charge in [0.1, 0.15) is 11.3 Å². The third kappa shape index (κ3) is 2.88. The molecule has 0 spiro atoms. The molecule has 0 amide bonds. The molecule has 124 valence electrons. The molecule has 1 heterocycles. The lowest BCUT2D eigenvalue weighted by Crippen LogP contribution is -1.95. The van der Waals surface area contributed by atoms with Crippen molar-refractivity contribution < 1.29 is 23.7 Å². The van der Waals surface area contributed by atoms with E-state index in [9.17, 15) is 5.11 Å². The molecule has 2 aromatic carbocycles. The number of hydrogen-bond acceptors (Lipinski definition) is 5. The average molecular weight is 326 g/mol. The second-order valence-electron chi connectivity index (χ2n) is 5.16. The molecular formula is C19H18O5. The molecule has 0 bridgehead atoms. The minimum Gasteiger partial charge on any atom is -0.507 e. The van der Waals surface area contributed by atoms with E-state index in [2.05, 4.69) is 0 Å². The zero-order chi connectivity index (χ0) is 17.1. The van der Waals surface area contributed by atoms with Crippen LogP contribution in [0.4, 0.5) is 0 Å². The molecule has 0 saturated carbocycles. The summed E-state index contributed by atoms with van der Waals surface area (Å²) in [5.74, 6) is 1.90. The fourth-order valence-electron chi connectivity index (χ4n) is 2.56. The summed E-state index contributed by atoms with van der Waals surface area (Å²) in [6, 6.07) is 8.99. The molecular weight excluding hydrogens is 308 g/mol. The Morgan fingerprint density at radius 3 is 2.08 bits per heavy atom. The van der Waals surface area contributed by atoms with Crippen LogP contribution in [0.25, 0.3) is 23.1 Å². The Morgan fingerprint density at radius 1 is 0.875 bits per heavy atom. The van der Waals surface area contributed by atoms with Crippen molar-refractivity contribution in [2.24, 2.45) is 0 Å². The number of fused-ring (bicyclic) bond motifs is 1. The van der Waals surface area contributed by atoms with Crippen LogP contribution in [0, 0.1) is 0 Å². The van der Waals surface area contributed by atoms with Crippen molar-refractivity contribution in [3.63, 3.8) is 0 Å². The fraction of sp³-hybridized carbons (Fsp3) is 0.158. The smallest absolute Gasteiger partial charge is 0.203 e. The highest BCUT2D eigenvalue weighted by molar-refractivity contribution is 5.87. The monoisotopic (exact) mass is 326 g/mol. The molecule has 5 nitrogen and oxygen atoms in total. The van der Waals surface area contributed by atoms with E-state index in [1.54, 1.807) is 39.7 Å². The van der Waals surface area contributed by atoms with Crippen LogP contribution in [0.2, 0.25) is 0 Å². The molecule has 0 saturated heterocycles. The van der Waals surface area contributed by atoms with Crippen molar-refractivity contribution in [1.82, 2.24) is 0 Å². The van der Waals surface area contributed by atoms with Crippen molar-refractivity contribution in [2.75, 3.05) is 21.3 Å². The lowest BCUT2D eigenvalue weighted by molar-refractivity contribution is 0.324. The maximum atomic E-state index is 10.0. The standard InChI is InChI=1S/C19H18O5/c1-21-17-10-13(11-18(22-2)19(17)23-3)5-4-12-8-15(20)14-6-7-24-16(14)9-12/h4-11,20H,1-3H3. The van der Waals surface area contributed by atoms with Crippen LogP contribution in [0.5, 0.6) is 23.0 Å². The average Bonchev–Trinajstić information content (AvgIpc) is 3.08. The predicted octanol–water partition coefficient (Wildman–Crippen LogP) is 4.33. The Labute approximate surface area is 139 Å². The minimum atomic E-state index is 0.186. The van der Waals surface area contributed by atoms with Crippen molar-refractivity contribution in [3.05, 3.63) is 47.7 Å². The molecule has 0 atom stereocenters. The SMILES string of the molecule is COc1cc(C=Cc2cc(O)c3ccoc3c2)cc(OC)c1OC. The first-order valence-electron chi connectivity index (χ1n) is 7.34. The molecule has 3 rings (SSSR count). The number of ether oxygens (including phenoxy) is 3. The summed E-state index contributed by atoms with van der Waals surface area (Å²) in [4.78, 5) is 0. The van der Waals surface area contributed by atoms with Gasteiger partial charge in [0.15, 0.2) is 11.5 Å². The van der Waals surface area contributed by atoms with Gasteiger partial charge < -0.3 is 23.7 Å². The van der Waals surface area contributed by atoms with E-state index in [1.165, 1.54) is 0 Å². The highest BCUT2D eigenvalue weighted by atomic mass is 16.5. The first kappa shape index (κ1) is 15.8. The Balaban J connectivity index is 1.98. The molecule has 0 radical (unpaired) electrons.